The van der Waals surface area contributed by atoms with Crippen molar-refractivity contribution in [1.82, 2.24) is 10.2 Å². The molecule has 1 fully saturated rings. The zero-order chi connectivity index (χ0) is 14.1. The van der Waals surface area contributed by atoms with Gasteiger partial charge in [-0.3, -0.25) is 4.99 Å². The largest absolute Gasteiger partial charge is 0.382 e. The molecule has 0 aliphatic carbocycles. The monoisotopic (exact) mass is 287 g/mol. The van der Waals surface area contributed by atoms with Crippen molar-refractivity contribution >= 4 is 17.7 Å². The van der Waals surface area contributed by atoms with Gasteiger partial charge in [-0.05, 0) is 19.3 Å². The highest BCUT2D eigenvalue weighted by Gasteiger charge is 2.24. The summed E-state index contributed by atoms with van der Waals surface area (Å²) in [4.78, 5) is 6.80. The van der Waals surface area contributed by atoms with E-state index in [-0.39, 0.29) is 0 Å². The lowest BCUT2D eigenvalue weighted by Gasteiger charge is -2.36. The van der Waals surface area contributed by atoms with Crippen LogP contribution in [0.3, 0.4) is 0 Å². The fraction of sp³-hybridized carbons (Fsp3) is 0.929. The third-order valence-corrected chi connectivity index (χ3v) is 4.84. The Bertz CT molecular complexity index is 271. The molecule has 1 saturated heterocycles. The number of nitrogens with one attached hydrogen (secondary N) is 1. The van der Waals surface area contributed by atoms with Gasteiger partial charge in [0, 0.05) is 50.9 Å². The van der Waals surface area contributed by atoms with Crippen molar-refractivity contribution in [3.63, 3.8) is 0 Å². The van der Waals surface area contributed by atoms with Gasteiger partial charge in [0.1, 0.15) is 0 Å². The van der Waals surface area contributed by atoms with Crippen LogP contribution in [-0.4, -0.2) is 61.8 Å². The van der Waals surface area contributed by atoms with E-state index in [1.165, 1.54) is 5.75 Å². The Balaban J connectivity index is 2.33. The standard InChI is InChI=1S/C14H29N3OS/c1-5-18-9-6-7-16-14(15-4)17-8-10-19-13(11-17)12(2)3/h12-13H,5-11H2,1-4H3,(H,15,16). The van der Waals surface area contributed by atoms with Crippen molar-refractivity contribution in [2.24, 2.45) is 10.9 Å². The van der Waals surface area contributed by atoms with Crippen molar-refractivity contribution in [2.75, 3.05) is 45.6 Å². The molecule has 1 unspecified atom stereocenters. The summed E-state index contributed by atoms with van der Waals surface area (Å²) in [6.45, 7) is 11.4. The summed E-state index contributed by atoms with van der Waals surface area (Å²) in [5.41, 5.74) is 0. The minimum Gasteiger partial charge on any atom is -0.382 e. The number of nitrogens with zero attached hydrogens (tertiary/aromatic N) is 2. The Kier molecular flexibility index (Phi) is 8.30. The van der Waals surface area contributed by atoms with Gasteiger partial charge in [-0.2, -0.15) is 11.8 Å². The molecule has 0 saturated carbocycles. The van der Waals surface area contributed by atoms with Crippen LogP contribution in [0.4, 0.5) is 0 Å². The highest BCUT2D eigenvalue weighted by atomic mass is 32.2. The first-order valence-electron chi connectivity index (χ1n) is 7.34. The number of thioether (sulfide) groups is 1. The second kappa shape index (κ2) is 9.48. The van der Waals surface area contributed by atoms with Crippen LogP contribution in [0.25, 0.3) is 0 Å². The molecule has 0 aromatic carbocycles. The Labute approximate surface area is 122 Å². The first kappa shape index (κ1) is 16.6. The Hall–Kier alpha value is -0.420. The Morgan fingerprint density at radius 1 is 1.53 bits per heavy atom. The predicted molar refractivity (Wildman–Crippen MR) is 85.1 cm³/mol. The highest BCUT2D eigenvalue weighted by molar-refractivity contribution is 8.00. The molecule has 0 aromatic heterocycles. The van der Waals surface area contributed by atoms with Gasteiger partial charge in [-0.25, -0.2) is 0 Å². The van der Waals surface area contributed by atoms with Gasteiger partial charge in [0.05, 0.1) is 0 Å². The fourth-order valence-corrected chi connectivity index (χ4v) is 3.42. The molecule has 1 aliphatic heterocycles. The van der Waals surface area contributed by atoms with E-state index < -0.39 is 0 Å². The van der Waals surface area contributed by atoms with E-state index in [0.29, 0.717) is 0 Å². The van der Waals surface area contributed by atoms with E-state index in [9.17, 15) is 0 Å². The molecule has 4 nitrogen and oxygen atoms in total. The van der Waals surface area contributed by atoms with Crippen LogP contribution in [-0.2, 0) is 4.74 Å². The van der Waals surface area contributed by atoms with Gasteiger partial charge in [-0.15, -0.1) is 0 Å². The normalized spacial score (nSPS) is 21.0. The van der Waals surface area contributed by atoms with Gasteiger partial charge >= 0.3 is 0 Å². The average Bonchev–Trinajstić information content (AvgIpc) is 2.43. The third kappa shape index (κ3) is 6.04. The molecule has 1 heterocycles. The lowest BCUT2D eigenvalue weighted by Crippen LogP contribution is -2.49. The summed E-state index contributed by atoms with van der Waals surface area (Å²) in [6, 6.07) is 0. The summed E-state index contributed by atoms with van der Waals surface area (Å²) in [6.07, 6.45) is 1.03. The number of hydrogen-bond acceptors (Lipinski definition) is 3. The van der Waals surface area contributed by atoms with Gasteiger partial charge in [0.2, 0.25) is 0 Å². The van der Waals surface area contributed by atoms with Crippen molar-refractivity contribution in [3.8, 4) is 0 Å². The van der Waals surface area contributed by atoms with Crippen molar-refractivity contribution in [1.29, 1.82) is 0 Å². The van der Waals surface area contributed by atoms with Crippen molar-refractivity contribution in [2.45, 2.75) is 32.4 Å². The zero-order valence-electron chi connectivity index (χ0n) is 12.8. The number of rotatable bonds is 6. The van der Waals surface area contributed by atoms with Crippen LogP contribution in [0, 0.1) is 5.92 Å². The number of guanidine groups is 1. The molecule has 0 radical (unpaired) electrons. The van der Waals surface area contributed by atoms with Crippen LogP contribution in [0.15, 0.2) is 4.99 Å². The number of ether oxygens (including phenoxy) is 1. The minimum atomic E-state index is 0.718. The van der Waals surface area contributed by atoms with Crippen LogP contribution in [0.1, 0.15) is 27.2 Å². The molecule has 0 amide bonds. The smallest absolute Gasteiger partial charge is 0.193 e. The topological polar surface area (TPSA) is 36.9 Å². The SMILES string of the molecule is CCOCCCNC(=NC)N1CCSC(C(C)C)C1. The predicted octanol–water partition coefficient (Wildman–Crippen LogP) is 2.06. The lowest BCUT2D eigenvalue weighted by atomic mass is 10.1. The summed E-state index contributed by atoms with van der Waals surface area (Å²) in [5, 5.41) is 4.16. The molecule has 0 bridgehead atoms. The first-order chi connectivity index (χ1) is 9.19. The van der Waals surface area contributed by atoms with Gasteiger partial charge < -0.3 is 15.0 Å². The number of hydrogen-bond donors (Lipinski definition) is 1. The van der Waals surface area contributed by atoms with Gasteiger partial charge in [-0.1, -0.05) is 13.8 Å². The zero-order valence-corrected chi connectivity index (χ0v) is 13.6. The van der Waals surface area contributed by atoms with Crippen molar-refractivity contribution in [3.05, 3.63) is 0 Å². The molecule has 1 atom stereocenters. The third-order valence-electron chi connectivity index (χ3n) is 3.30. The summed E-state index contributed by atoms with van der Waals surface area (Å²) >= 11 is 2.09. The number of aliphatic imine (C=N–C) groups is 1. The van der Waals surface area contributed by atoms with Crippen LogP contribution in [0.2, 0.25) is 0 Å². The van der Waals surface area contributed by atoms with Gasteiger partial charge in [0.25, 0.3) is 0 Å². The van der Waals surface area contributed by atoms with Gasteiger partial charge in [0.15, 0.2) is 5.96 Å². The molecule has 112 valence electrons. The first-order valence-corrected chi connectivity index (χ1v) is 8.38. The maximum Gasteiger partial charge on any atom is 0.193 e. The molecule has 5 heteroatoms. The molecule has 0 aromatic rings. The second-order valence-corrected chi connectivity index (χ2v) is 6.47. The average molecular weight is 287 g/mol. The molecule has 19 heavy (non-hydrogen) atoms. The lowest BCUT2D eigenvalue weighted by molar-refractivity contribution is 0.145. The molecular weight excluding hydrogens is 258 g/mol. The second-order valence-electron chi connectivity index (χ2n) is 5.12. The van der Waals surface area contributed by atoms with E-state index in [2.05, 4.69) is 40.8 Å². The molecule has 1 aliphatic rings. The fourth-order valence-electron chi connectivity index (χ4n) is 2.12. The van der Waals surface area contributed by atoms with Crippen LogP contribution >= 0.6 is 11.8 Å². The Morgan fingerprint density at radius 3 is 2.95 bits per heavy atom. The van der Waals surface area contributed by atoms with E-state index >= 15 is 0 Å². The minimum absolute atomic E-state index is 0.718. The van der Waals surface area contributed by atoms with E-state index in [1.54, 1.807) is 0 Å². The maximum atomic E-state index is 5.35. The quantitative estimate of drug-likeness (QED) is 0.461. The van der Waals surface area contributed by atoms with Crippen LogP contribution < -0.4 is 5.32 Å². The maximum absolute atomic E-state index is 5.35. The molecule has 1 rings (SSSR count). The molecular formula is C14H29N3OS. The highest BCUT2D eigenvalue weighted by Crippen LogP contribution is 2.24. The van der Waals surface area contributed by atoms with Crippen LogP contribution in [0.5, 0.6) is 0 Å². The van der Waals surface area contributed by atoms with E-state index in [4.69, 9.17) is 4.74 Å². The van der Waals surface area contributed by atoms with E-state index in [0.717, 1.165) is 56.4 Å². The summed E-state index contributed by atoms with van der Waals surface area (Å²) in [7, 11) is 1.87. The molecule has 0 spiro atoms. The van der Waals surface area contributed by atoms with E-state index in [1.807, 2.05) is 14.0 Å². The summed E-state index contributed by atoms with van der Waals surface area (Å²) in [5.74, 6) is 2.97. The molecule has 1 N–H and O–H groups in total. The summed E-state index contributed by atoms with van der Waals surface area (Å²) < 4.78 is 5.35. The van der Waals surface area contributed by atoms with Crippen molar-refractivity contribution < 1.29 is 4.74 Å². The Morgan fingerprint density at radius 2 is 2.32 bits per heavy atom.